The third-order valence-corrected chi connectivity index (χ3v) is 5.62. The Morgan fingerprint density at radius 2 is 2.05 bits per heavy atom. The third-order valence-electron chi connectivity index (χ3n) is 3.42. The first-order valence-electron chi connectivity index (χ1n) is 6.54. The Hall–Kier alpha value is -0.580. The van der Waals surface area contributed by atoms with Crippen molar-refractivity contribution in [3.63, 3.8) is 0 Å². The molecule has 0 aromatic heterocycles. The summed E-state index contributed by atoms with van der Waals surface area (Å²) in [5, 5.41) is 3.99. The lowest BCUT2D eigenvalue weighted by atomic mass is 9.98. The van der Waals surface area contributed by atoms with E-state index in [1.807, 2.05) is 32.2 Å². The van der Waals surface area contributed by atoms with Gasteiger partial charge in [0.05, 0.1) is 5.75 Å². The molecule has 1 atom stereocenters. The fourth-order valence-corrected chi connectivity index (χ4v) is 3.19. The van der Waals surface area contributed by atoms with E-state index in [4.69, 9.17) is 11.6 Å². The lowest BCUT2D eigenvalue weighted by molar-refractivity contribution is 0.533. The molecule has 0 saturated heterocycles. The van der Waals surface area contributed by atoms with Gasteiger partial charge in [0, 0.05) is 16.8 Å². The van der Waals surface area contributed by atoms with Gasteiger partial charge in [-0.15, -0.1) is 0 Å². The minimum atomic E-state index is -2.88. The van der Waals surface area contributed by atoms with E-state index < -0.39 is 9.84 Å². The van der Waals surface area contributed by atoms with Crippen LogP contribution in [-0.4, -0.2) is 27.0 Å². The molecule has 3 nitrogen and oxygen atoms in total. The highest BCUT2D eigenvalue weighted by atomic mass is 35.5. The first-order valence-corrected chi connectivity index (χ1v) is 8.74. The lowest BCUT2D eigenvalue weighted by Crippen LogP contribution is -2.19. The van der Waals surface area contributed by atoms with Crippen molar-refractivity contribution in [1.82, 2.24) is 5.32 Å². The van der Waals surface area contributed by atoms with Crippen LogP contribution in [0.5, 0.6) is 0 Å². The molecular formula is C14H22ClNO2S. The molecule has 1 aromatic rings. The first-order chi connectivity index (χ1) is 8.91. The van der Waals surface area contributed by atoms with Gasteiger partial charge < -0.3 is 5.32 Å². The zero-order valence-corrected chi connectivity index (χ0v) is 13.3. The number of halogens is 1. The van der Waals surface area contributed by atoms with E-state index in [1.54, 1.807) is 6.92 Å². The Kier molecular flexibility index (Phi) is 6.30. The Bertz CT molecular complexity index is 514. The molecule has 0 aliphatic heterocycles. The van der Waals surface area contributed by atoms with Gasteiger partial charge in [0.15, 0.2) is 0 Å². The van der Waals surface area contributed by atoms with Crippen LogP contribution in [0.2, 0.25) is 5.02 Å². The molecule has 0 heterocycles. The van der Waals surface area contributed by atoms with E-state index in [-0.39, 0.29) is 17.5 Å². The summed E-state index contributed by atoms with van der Waals surface area (Å²) in [6.45, 7) is 3.68. The van der Waals surface area contributed by atoms with Crippen molar-refractivity contribution >= 4 is 21.4 Å². The summed E-state index contributed by atoms with van der Waals surface area (Å²) in [4.78, 5) is 0. The molecule has 108 valence electrons. The average molecular weight is 304 g/mol. The second-order valence-electron chi connectivity index (χ2n) is 4.67. The lowest BCUT2D eigenvalue weighted by Gasteiger charge is -2.19. The molecule has 0 fully saturated rings. The molecule has 0 bridgehead atoms. The Morgan fingerprint density at radius 3 is 2.63 bits per heavy atom. The summed E-state index contributed by atoms with van der Waals surface area (Å²) >= 11 is 6.12. The van der Waals surface area contributed by atoms with Crippen LogP contribution in [0, 0.1) is 6.92 Å². The maximum Gasteiger partial charge on any atom is 0.150 e. The minimum absolute atomic E-state index is 0.144. The van der Waals surface area contributed by atoms with E-state index in [9.17, 15) is 8.42 Å². The first kappa shape index (κ1) is 16.5. The van der Waals surface area contributed by atoms with Crippen molar-refractivity contribution in [1.29, 1.82) is 0 Å². The Morgan fingerprint density at radius 1 is 1.37 bits per heavy atom. The van der Waals surface area contributed by atoms with Crippen LogP contribution >= 0.6 is 11.6 Å². The largest absolute Gasteiger partial charge is 0.313 e. The number of benzene rings is 1. The fourth-order valence-electron chi connectivity index (χ4n) is 2.11. The van der Waals surface area contributed by atoms with Gasteiger partial charge >= 0.3 is 0 Å². The van der Waals surface area contributed by atoms with Gasteiger partial charge in [-0.2, -0.15) is 0 Å². The van der Waals surface area contributed by atoms with Crippen molar-refractivity contribution < 1.29 is 8.42 Å². The van der Waals surface area contributed by atoms with Gasteiger partial charge in [0.2, 0.25) is 0 Å². The second kappa shape index (κ2) is 7.27. The number of sulfone groups is 1. The number of hydrogen-bond acceptors (Lipinski definition) is 3. The van der Waals surface area contributed by atoms with Crippen LogP contribution in [0.1, 0.15) is 36.9 Å². The molecule has 19 heavy (non-hydrogen) atoms. The highest BCUT2D eigenvalue weighted by Crippen LogP contribution is 2.26. The predicted molar refractivity (Wildman–Crippen MR) is 81.6 cm³/mol. The maximum atomic E-state index is 11.5. The van der Waals surface area contributed by atoms with Crippen molar-refractivity contribution in [3.8, 4) is 0 Å². The van der Waals surface area contributed by atoms with Gasteiger partial charge in [-0.05, 0) is 44.0 Å². The topological polar surface area (TPSA) is 46.2 Å². The van der Waals surface area contributed by atoms with E-state index in [0.717, 1.165) is 22.6 Å². The molecule has 0 aliphatic carbocycles. The van der Waals surface area contributed by atoms with Crippen LogP contribution < -0.4 is 5.32 Å². The zero-order valence-electron chi connectivity index (χ0n) is 11.7. The molecule has 0 radical (unpaired) electrons. The number of nitrogens with one attached hydrogen (secondary N) is 1. The van der Waals surface area contributed by atoms with Crippen molar-refractivity contribution in [3.05, 3.63) is 34.3 Å². The number of hydrogen-bond donors (Lipinski definition) is 1. The number of rotatable bonds is 7. The summed E-state index contributed by atoms with van der Waals surface area (Å²) < 4.78 is 23.0. The van der Waals surface area contributed by atoms with Crippen LogP contribution in [-0.2, 0) is 9.84 Å². The molecule has 0 spiro atoms. The minimum Gasteiger partial charge on any atom is -0.313 e. The van der Waals surface area contributed by atoms with E-state index in [2.05, 4.69) is 5.32 Å². The normalized spacial score (nSPS) is 13.5. The van der Waals surface area contributed by atoms with Crippen molar-refractivity contribution in [2.45, 2.75) is 32.7 Å². The zero-order chi connectivity index (χ0) is 14.5. The molecule has 5 heteroatoms. The fraction of sp³-hybridized carbons (Fsp3) is 0.571. The highest BCUT2D eigenvalue weighted by molar-refractivity contribution is 7.91. The smallest absolute Gasteiger partial charge is 0.150 e. The van der Waals surface area contributed by atoms with Crippen LogP contribution in [0.3, 0.4) is 0 Å². The SMILES string of the molecule is CCS(=O)(=O)CCCC(NC)c1cccc(Cl)c1C. The molecule has 1 rings (SSSR count). The summed E-state index contributed by atoms with van der Waals surface area (Å²) in [6.07, 6.45) is 1.45. The van der Waals surface area contributed by atoms with Crippen molar-refractivity contribution in [2.24, 2.45) is 0 Å². The van der Waals surface area contributed by atoms with Gasteiger partial charge in [0.25, 0.3) is 0 Å². The Balaban J connectivity index is 2.71. The van der Waals surface area contributed by atoms with E-state index in [1.165, 1.54) is 0 Å². The molecule has 1 aromatic carbocycles. The molecule has 0 aliphatic rings. The standard InChI is InChI=1S/C14H22ClNO2S/c1-4-19(17,18)10-6-9-14(16-3)12-7-5-8-13(15)11(12)2/h5,7-8,14,16H,4,6,9-10H2,1-3H3. The van der Waals surface area contributed by atoms with Gasteiger partial charge in [0.1, 0.15) is 9.84 Å². The summed E-state index contributed by atoms with van der Waals surface area (Å²) in [5.74, 6) is 0.467. The maximum absolute atomic E-state index is 11.5. The van der Waals surface area contributed by atoms with Crippen LogP contribution in [0.25, 0.3) is 0 Å². The summed E-state index contributed by atoms with van der Waals surface area (Å²) in [7, 11) is -0.989. The molecule has 1 unspecified atom stereocenters. The van der Waals surface area contributed by atoms with Crippen LogP contribution in [0.4, 0.5) is 0 Å². The van der Waals surface area contributed by atoms with Gasteiger partial charge in [-0.1, -0.05) is 30.7 Å². The summed E-state index contributed by atoms with van der Waals surface area (Å²) in [6, 6.07) is 5.98. The third kappa shape index (κ3) is 4.79. The highest BCUT2D eigenvalue weighted by Gasteiger charge is 2.15. The Labute approximate surface area is 121 Å². The quantitative estimate of drug-likeness (QED) is 0.842. The van der Waals surface area contributed by atoms with Crippen molar-refractivity contribution in [2.75, 3.05) is 18.6 Å². The summed E-state index contributed by atoms with van der Waals surface area (Å²) in [5.41, 5.74) is 2.20. The monoisotopic (exact) mass is 303 g/mol. The van der Waals surface area contributed by atoms with Crippen LogP contribution in [0.15, 0.2) is 18.2 Å². The second-order valence-corrected chi connectivity index (χ2v) is 7.55. The average Bonchev–Trinajstić information content (AvgIpc) is 2.38. The molecule has 0 amide bonds. The molecule has 0 saturated carbocycles. The van der Waals surface area contributed by atoms with E-state index in [0.29, 0.717) is 6.42 Å². The van der Waals surface area contributed by atoms with Gasteiger partial charge in [-0.3, -0.25) is 0 Å². The molecular weight excluding hydrogens is 282 g/mol. The van der Waals surface area contributed by atoms with Gasteiger partial charge in [-0.25, -0.2) is 8.42 Å². The predicted octanol–water partition coefficient (Wildman–Crippen LogP) is 3.12. The van der Waals surface area contributed by atoms with E-state index >= 15 is 0 Å². The molecule has 1 N–H and O–H groups in total.